The van der Waals surface area contributed by atoms with Gasteiger partial charge in [-0.05, 0) is 17.2 Å². The summed E-state index contributed by atoms with van der Waals surface area (Å²) in [5, 5.41) is 0.774. The minimum Gasteiger partial charge on any atom is -0.122 e. The zero-order valence-electron chi connectivity index (χ0n) is 8.08. The first-order valence-corrected chi connectivity index (χ1v) is 5.62. The third-order valence-corrected chi connectivity index (χ3v) is 2.93. The molecule has 0 radical (unpaired) electrons. The van der Waals surface area contributed by atoms with Gasteiger partial charge >= 0.3 is 0 Å². The lowest BCUT2D eigenvalue weighted by Gasteiger charge is -2.04. The molecule has 0 fully saturated rings. The smallest absolute Gasteiger partial charge is 0.0484 e. The van der Waals surface area contributed by atoms with Crippen LogP contribution >= 0.6 is 23.2 Å². The van der Waals surface area contributed by atoms with Crippen LogP contribution in [0.4, 0.5) is 0 Å². The van der Waals surface area contributed by atoms with Crippen molar-refractivity contribution in [1.82, 2.24) is 0 Å². The van der Waals surface area contributed by atoms with E-state index in [0.717, 1.165) is 21.7 Å². The molecule has 0 N–H and O–H groups in total. The largest absolute Gasteiger partial charge is 0.122 e. The van der Waals surface area contributed by atoms with E-state index in [1.54, 1.807) is 0 Å². The first kappa shape index (κ1) is 10.5. The van der Waals surface area contributed by atoms with Crippen molar-refractivity contribution in [3.8, 4) is 11.1 Å². The number of alkyl halides is 1. The number of rotatable bonds is 2. The minimum atomic E-state index is 0.544. The van der Waals surface area contributed by atoms with Crippen LogP contribution in [0.15, 0.2) is 48.5 Å². The van der Waals surface area contributed by atoms with Crippen molar-refractivity contribution >= 4 is 23.2 Å². The van der Waals surface area contributed by atoms with Crippen LogP contribution in [0.3, 0.4) is 0 Å². The Balaban J connectivity index is 2.42. The summed E-state index contributed by atoms with van der Waals surface area (Å²) in [5.74, 6) is 0.544. The average Bonchev–Trinajstić information content (AvgIpc) is 2.30. The maximum Gasteiger partial charge on any atom is 0.0484 e. The summed E-state index contributed by atoms with van der Waals surface area (Å²) in [6.07, 6.45) is 0. The lowest BCUT2D eigenvalue weighted by atomic mass is 10.0. The van der Waals surface area contributed by atoms with Crippen molar-refractivity contribution < 1.29 is 0 Å². The molecule has 0 aromatic heterocycles. The Morgan fingerprint density at radius 1 is 0.867 bits per heavy atom. The van der Waals surface area contributed by atoms with Crippen LogP contribution in [-0.4, -0.2) is 0 Å². The molecule has 0 nitrogen and oxygen atoms in total. The second-order valence-electron chi connectivity index (χ2n) is 3.31. The van der Waals surface area contributed by atoms with Gasteiger partial charge in [0.25, 0.3) is 0 Å². The van der Waals surface area contributed by atoms with E-state index in [9.17, 15) is 0 Å². The standard InChI is InChI=1S/C13H10Cl2/c14-9-10-5-7-11(8-6-10)12-3-1-2-4-13(12)15/h1-8H,9H2. The topological polar surface area (TPSA) is 0 Å². The fourth-order valence-corrected chi connectivity index (χ4v) is 1.89. The number of hydrogen-bond donors (Lipinski definition) is 0. The summed E-state index contributed by atoms with van der Waals surface area (Å²) in [6.45, 7) is 0. The van der Waals surface area contributed by atoms with Gasteiger partial charge in [-0.2, -0.15) is 0 Å². The van der Waals surface area contributed by atoms with E-state index >= 15 is 0 Å². The molecule has 0 aliphatic rings. The van der Waals surface area contributed by atoms with Crippen molar-refractivity contribution in [3.05, 3.63) is 59.1 Å². The minimum absolute atomic E-state index is 0.544. The van der Waals surface area contributed by atoms with Crippen molar-refractivity contribution in [2.24, 2.45) is 0 Å². The molecule has 2 aromatic carbocycles. The molecule has 0 aliphatic carbocycles. The van der Waals surface area contributed by atoms with Crippen LogP contribution in [0.1, 0.15) is 5.56 Å². The van der Waals surface area contributed by atoms with Gasteiger partial charge in [0, 0.05) is 16.5 Å². The van der Waals surface area contributed by atoms with E-state index in [1.807, 2.05) is 48.5 Å². The van der Waals surface area contributed by atoms with Gasteiger partial charge in [0.15, 0.2) is 0 Å². The molecular formula is C13H10Cl2. The summed E-state index contributed by atoms with van der Waals surface area (Å²) >= 11 is 11.8. The zero-order chi connectivity index (χ0) is 10.7. The highest BCUT2D eigenvalue weighted by Gasteiger charge is 2.01. The van der Waals surface area contributed by atoms with Crippen molar-refractivity contribution in [1.29, 1.82) is 0 Å². The Labute approximate surface area is 99.5 Å². The van der Waals surface area contributed by atoms with Crippen molar-refractivity contribution in [2.45, 2.75) is 5.88 Å². The molecule has 0 unspecified atom stereocenters. The van der Waals surface area contributed by atoms with Crippen LogP contribution < -0.4 is 0 Å². The fraction of sp³-hybridized carbons (Fsp3) is 0.0769. The predicted octanol–water partition coefficient (Wildman–Crippen LogP) is 4.75. The van der Waals surface area contributed by atoms with Gasteiger partial charge in [-0.25, -0.2) is 0 Å². The normalized spacial score (nSPS) is 10.3. The molecule has 0 atom stereocenters. The zero-order valence-corrected chi connectivity index (χ0v) is 9.59. The van der Waals surface area contributed by atoms with Gasteiger partial charge in [-0.15, -0.1) is 11.6 Å². The number of benzene rings is 2. The van der Waals surface area contributed by atoms with E-state index in [0.29, 0.717) is 5.88 Å². The summed E-state index contributed by atoms with van der Waals surface area (Å²) in [6, 6.07) is 15.9. The highest BCUT2D eigenvalue weighted by Crippen LogP contribution is 2.27. The molecule has 0 heterocycles. The molecule has 15 heavy (non-hydrogen) atoms. The first-order chi connectivity index (χ1) is 7.31. The van der Waals surface area contributed by atoms with Crippen LogP contribution in [0.5, 0.6) is 0 Å². The van der Waals surface area contributed by atoms with Crippen molar-refractivity contribution in [2.75, 3.05) is 0 Å². The SMILES string of the molecule is ClCc1ccc(-c2ccccc2Cl)cc1. The van der Waals surface area contributed by atoms with Gasteiger partial charge in [0.05, 0.1) is 0 Å². The lowest BCUT2D eigenvalue weighted by molar-refractivity contribution is 1.40. The molecule has 0 aliphatic heterocycles. The molecule has 2 heteroatoms. The highest BCUT2D eigenvalue weighted by molar-refractivity contribution is 6.33. The maximum absolute atomic E-state index is 6.11. The van der Waals surface area contributed by atoms with Gasteiger partial charge in [-0.3, -0.25) is 0 Å². The molecule has 0 saturated carbocycles. The summed E-state index contributed by atoms with van der Waals surface area (Å²) in [5.41, 5.74) is 3.29. The molecule has 76 valence electrons. The summed E-state index contributed by atoms with van der Waals surface area (Å²) in [4.78, 5) is 0. The number of halogens is 2. The number of hydrogen-bond acceptors (Lipinski definition) is 0. The van der Waals surface area contributed by atoms with E-state index < -0.39 is 0 Å². The van der Waals surface area contributed by atoms with Gasteiger partial charge in [0.2, 0.25) is 0 Å². The summed E-state index contributed by atoms with van der Waals surface area (Å²) in [7, 11) is 0. The first-order valence-electron chi connectivity index (χ1n) is 4.71. The van der Waals surface area contributed by atoms with E-state index in [4.69, 9.17) is 23.2 Å². The molecule has 0 spiro atoms. The maximum atomic E-state index is 6.11. The molecule has 2 aromatic rings. The van der Waals surface area contributed by atoms with Crippen molar-refractivity contribution in [3.63, 3.8) is 0 Å². The quantitative estimate of drug-likeness (QED) is 0.661. The molecule has 0 saturated heterocycles. The molecule has 0 amide bonds. The third-order valence-electron chi connectivity index (χ3n) is 2.29. The Morgan fingerprint density at radius 3 is 2.13 bits per heavy atom. The molecule has 2 rings (SSSR count). The van der Waals surface area contributed by atoms with Gasteiger partial charge < -0.3 is 0 Å². The second-order valence-corrected chi connectivity index (χ2v) is 3.98. The Kier molecular flexibility index (Phi) is 3.30. The Hall–Kier alpha value is -0.980. The molecule has 0 bridgehead atoms. The predicted molar refractivity (Wildman–Crippen MR) is 66.4 cm³/mol. The summed E-state index contributed by atoms with van der Waals surface area (Å²) < 4.78 is 0. The van der Waals surface area contributed by atoms with Crippen LogP contribution in [0, 0.1) is 0 Å². The van der Waals surface area contributed by atoms with Gasteiger partial charge in [0.1, 0.15) is 0 Å². The Bertz CT molecular complexity index is 446. The highest BCUT2D eigenvalue weighted by atomic mass is 35.5. The second kappa shape index (κ2) is 4.69. The monoisotopic (exact) mass is 236 g/mol. The lowest BCUT2D eigenvalue weighted by Crippen LogP contribution is -1.81. The van der Waals surface area contributed by atoms with E-state index in [1.165, 1.54) is 0 Å². The fourth-order valence-electron chi connectivity index (χ4n) is 1.47. The Morgan fingerprint density at radius 2 is 1.53 bits per heavy atom. The van der Waals surface area contributed by atoms with Crippen LogP contribution in [0.2, 0.25) is 5.02 Å². The van der Waals surface area contributed by atoms with Crippen LogP contribution in [-0.2, 0) is 5.88 Å². The average molecular weight is 237 g/mol. The van der Waals surface area contributed by atoms with Gasteiger partial charge in [-0.1, -0.05) is 54.1 Å². The van der Waals surface area contributed by atoms with E-state index in [-0.39, 0.29) is 0 Å². The third kappa shape index (κ3) is 2.34. The van der Waals surface area contributed by atoms with Crippen LogP contribution in [0.25, 0.3) is 11.1 Å². The molecular weight excluding hydrogens is 227 g/mol. The van der Waals surface area contributed by atoms with E-state index in [2.05, 4.69) is 0 Å².